The van der Waals surface area contributed by atoms with Crippen molar-refractivity contribution in [3.8, 4) is 0 Å². The van der Waals surface area contributed by atoms with E-state index in [4.69, 9.17) is 9.47 Å². The van der Waals surface area contributed by atoms with Crippen LogP contribution in [0.1, 0.15) is 316 Å². The van der Waals surface area contributed by atoms with E-state index in [0.717, 1.165) is 44.9 Å². The molecule has 1 amide bonds. The minimum atomic E-state index is -1.55. The molecule has 7 atom stereocenters. The number of aliphatic hydroxyl groups excluding tert-OH is 5. The van der Waals surface area contributed by atoms with E-state index in [1.807, 2.05) is 0 Å². The van der Waals surface area contributed by atoms with Crippen LogP contribution in [-0.4, -0.2) is 87.5 Å². The van der Waals surface area contributed by atoms with Gasteiger partial charge in [0.1, 0.15) is 24.4 Å². The summed E-state index contributed by atoms with van der Waals surface area (Å²) >= 11 is 0. The first kappa shape index (κ1) is 68.7. The van der Waals surface area contributed by atoms with Crippen molar-refractivity contribution >= 4 is 5.91 Å². The normalized spacial score (nSPS) is 19.2. The molecule has 0 aliphatic carbocycles. The number of rotatable bonds is 55. The molecule has 7 unspecified atom stereocenters. The summed E-state index contributed by atoms with van der Waals surface area (Å²) in [6.45, 7) is 3.87. The molecule has 0 bridgehead atoms. The zero-order valence-corrected chi connectivity index (χ0v) is 47.5. The zero-order chi connectivity index (χ0) is 52.2. The number of carbonyl (C=O) groups is 1. The van der Waals surface area contributed by atoms with E-state index in [-0.39, 0.29) is 12.5 Å². The van der Waals surface area contributed by atoms with Gasteiger partial charge in [-0.15, -0.1) is 0 Å². The quantitative estimate of drug-likeness (QED) is 0.0261. The molecule has 1 fully saturated rings. The third kappa shape index (κ3) is 41.9. The molecule has 0 aromatic carbocycles. The van der Waals surface area contributed by atoms with Crippen LogP contribution >= 0.6 is 0 Å². The molecule has 0 aromatic heterocycles. The van der Waals surface area contributed by atoms with Crippen molar-refractivity contribution in [1.29, 1.82) is 0 Å². The minimum absolute atomic E-state index is 0.136. The fourth-order valence-corrected chi connectivity index (χ4v) is 10.3. The Labute approximate surface area is 445 Å². The fourth-order valence-electron chi connectivity index (χ4n) is 10.3. The van der Waals surface area contributed by atoms with E-state index in [1.54, 1.807) is 0 Å². The predicted octanol–water partition coefficient (Wildman–Crippen LogP) is 16.1. The standard InChI is InChI=1S/C63H121NO8/c1-3-5-7-9-11-13-15-17-19-21-23-25-27-28-29-31-32-34-36-38-40-42-44-46-48-50-52-57(66)56(55-71-63-62(70)61(69)60(68)58(54-65)72-63)64-59(67)53-51-49-47-45-43-41-39-37-35-33-30-26-24-22-20-18-16-14-12-10-8-6-4-2/h16,18,22,24,56-58,60-63,65-66,68-70H,3-15,17,19-21,23,25-55H2,1-2H3,(H,64,67)/b18-16-,24-22-. The van der Waals surface area contributed by atoms with Gasteiger partial charge in [-0.2, -0.15) is 0 Å². The summed E-state index contributed by atoms with van der Waals surface area (Å²) in [6.07, 6.45) is 60.7. The molecule has 426 valence electrons. The highest BCUT2D eigenvalue weighted by Crippen LogP contribution is 2.23. The van der Waals surface area contributed by atoms with Crippen LogP contribution in [-0.2, 0) is 14.3 Å². The summed E-state index contributed by atoms with van der Waals surface area (Å²) in [6, 6.07) is -0.720. The Morgan fingerprint density at radius 3 is 1.19 bits per heavy atom. The molecule has 1 saturated heterocycles. The van der Waals surface area contributed by atoms with Crippen molar-refractivity contribution in [2.24, 2.45) is 0 Å². The Hall–Kier alpha value is -1.33. The molecule has 72 heavy (non-hydrogen) atoms. The molecule has 0 aromatic rings. The van der Waals surface area contributed by atoms with E-state index in [2.05, 4.69) is 43.5 Å². The zero-order valence-electron chi connectivity index (χ0n) is 47.5. The van der Waals surface area contributed by atoms with Gasteiger partial charge in [0.05, 0.1) is 25.4 Å². The predicted molar refractivity (Wildman–Crippen MR) is 304 cm³/mol. The highest BCUT2D eigenvalue weighted by atomic mass is 16.7. The average molecular weight is 1020 g/mol. The van der Waals surface area contributed by atoms with Crippen molar-refractivity contribution in [3.63, 3.8) is 0 Å². The lowest BCUT2D eigenvalue weighted by Gasteiger charge is -2.40. The van der Waals surface area contributed by atoms with Crippen LogP contribution in [0.2, 0.25) is 0 Å². The van der Waals surface area contributed by atoms with E-state index in [9.17, 15) is 30.3 Å². The van der Waals surface area contributed by atoms with Crippen LogP contribution in [0, 0.1) is 0 Å². The SMILES string of the molecule is CCCCCCC/C=C\C/C=C\CCCCCCCCCCCCCC(=O)NC(COC1OC(CO)C(O)C(O)C1O)C(O)CCCCCCCCCCCCCCCCCCCCCCCCCCCC. The molecule has 1 rings (SSSR count). The maximum atomic E-state index is 13.1. The van der Waals surface area contributed by atoms with E-state index in [1.165, 1.54) is 244 Å². The molecule has 1 aliphatic heterocycles. The Morgan fingerprint density at radius 2 is 0.819 bits per heavy atom. The maximum Gasteiger partial charge on any atom is 0.220 e. The largest absolute Gasteiger partial charge is 0.394 e. The number of ether oxygens (including phenoxy) is 2. The van der Waals surface area contributed by atoms with Gasteiger partial charge in [-0.1, -0.05) is 289 Å². The van der Waals surface area contributed by atoms with Crippen LogP contribution in [0.4, 0.5) is 0 Å². The lowest BCUT2D eigenvalue weighted by Crippen LogP contribution is -2.60. The summed E-state index contributed by atoms with van der Waals surface area (Å²) in [5, 5.41) is 54.8. The maximum absolute atomic E-state index is 13.1. The summed E-state index contributed by atoms with van der Waals surface area (Å²) in [4.78, 5) is 13.1. The average Bonchev–Trinajstić information content (AvgIpc) is 3.38. The van der Waals surface area contributed by atoms with Gasteiger partial charge in [-0.25, -0.2) is 0 Å². The molecule has 1 aliphatic rings. The number of carbonyl (C=O) groups excluding carboxylic acids is 1. The summed E-state index contributed by atoms with van der Waals surface area (Å²) in [7, 11) is 0. The Kier molecular flexibility index (Phi) is 50.6. The number of hydrogen-bond donors (Lipinski definition) is 6. The smallest absolute Gasteiger partial charge is 0.220 e. The fraction of sp³-hybridized carbons (Fsp3) is 0.921. The van der Waals surface area contributed by atoms with Gasteiger partial charge < -0.3 is 40.3 Å². The second-order valence-corrected chi connectivity index (χ2v) is 22.2. The van der Waals surface area contributed by atoms with Gasteiger partial charge in [0.25, 0.3) is 0 Å². The molecule has 1 heterocycles. The van der Waals surface area contributed by atoms with Crippen LogP contribution < -0.4 is 5.32 Å². The van der Waals surface area contributed by atoms with Gasteiger partial charge >= 0.3 is 0 Å². The van der Waals surface area contributed by atoms with Gasteiger partial charge in [-0.05, 0) is 44.9 Å². The molecule has 9 heteroatoms. The first-order valence-corrected chi connectivity index (χ1v) is 31.5. The Morgan fingerprint density at radius 1 is 0.472 bits per heavy atom. The summed E-state index contributed by atoms with van der Waals surface area (Å²) in [5.74, 6) is -0.141. The molecule has 0 radical (unpaired) electrons. The number of unbranched alkanes of at least 4 members (excludes halogenated alkanes) is 41. The van der Waals surface area contributed by atoms with Crippen LogP contribution in [0.15, 0.2) is 24.3 Å². The minimum Gasteiger partial charge on any atom is -0.394 e. The molecule has 0 saturated carbocycles. The van der Waals surface area contributed by atoms with Crippen molar-refractivity contribution in [2.45, 2.75) is 358 Å². The molecule has 9 nitrogen and oxygen atoms in total. The third-order valence-corrected chi connectivity index (χ3v) is 15.3. The van der Waals surface area contributed by atoms with Crippen molar-refractivity contribution in [2.75, 3.05) is 13.2 Å². The molecule has 0 spiro atoms. The van der Waals surface area contributed by atoms with Crippen LogP contribution in [0.5, 0.6) is 0 Å². The number of nitrogens with one attached hydrogen (secondary N) is 1. The first-order chi connectivity index (χ1) is 35.3. The highest BCUT2D eigenvalue weighted by molar-refractivity contribution is 5.76. The van der Waals surface area contributed by atoms with E-state index in [0.29, 0.717) is 12.8 Å². The van der Waals surface area contributed by atoms with Crippen molar-refractivity contribution in [3.05, 3.63) is 24.3 Å². The van der Waals surface area contributed by atoms with Crippen LogP contribution in [0.3, 0.4) is 0 Å². The summed E-state index contributed by atoms with van der Waals surface area (Å²) in [5.41, 5.74) is 0. The van der Waals surface area contributed by atoms with Crippen molar-refractivity contribution < 1.29 is 39.8 Å². The monoisotopic (exact) mass is 1020 g/mol. The van der Waals surface area contributed by atoms with Crippen LogP contribution in [0.25, 0.3) is 0 Å². The third-order valence-electron chi connectivity index (χ3n) is 15.3. The van der Waals surface area contributed by atoms with Gasteiger partial charge in [0.2, 0.25) is 5.91 Å². The molecular weight excluding hydrogens is 899 g/mol. The number of hydrogen-bond acceptors (Lipinski definition) is 8. The van der Waals surface area contributed by atoms with Gasteiger partial charge in [-0.3, -0.25) is 4.79 Å². The lowest BCUT2D eigenvalue weighted by molar-refractivity contribution is -0.302. The number of amides is 1. The van der Waals surface area contributed by atoms with Gasteiger partial charge in [0, 0.05) is 6.42 Å². The van der Waals surface area contributed by atoms with Gasteiger partial charge in [0.15, 0.2) is 6.29 Å². The Bertz CT molecular complexity index is 1180. The Balaban J connectivity index is 2.16. The number of allylic oxidation sites excluding steroid dienone is 4. The molecule has 6 N–H and O–H groups in total. The first-order valence-electron chi connectivity index (χ1n) is 31.5. The topological polar surface area (TPSA) is 149 Å². The highest BCUT2D eigenvalue weighted by Gasteiger charge is 2.44. The number of aliphatic hydroxyl groups is 5. The van der Waals surface area contributed by atoms with E-state index >= 15 is 0 Å². The summed E-state index contributed by atoms with van der Waals surface area (Å²) < 4.78 is 11.3. The molecular formula is C63H121NO8. The lowest BCUT2D eigenvalue weighted by atomic mass is 9.99. The van der Waals surface area contributed by atoms with Crippen molar-refractivity contribution in [1.82, 2.24) is 5.32 Å². The van der Waals surface area contributed by atoms with E-state index < -0.39 is 49.5 Å². The second-order valence-electron chi connectivity index (χ2n) is 22.2. The second kappa shape index (κ2) is 53.1.